The predicted molar refractivity (Wildman–Crippen MR) is 64.2 cm³/mol. The fourth-order valence-corrected chi connectivity index (χ4v) is 3.82. The highest BCUT2D eigenvalue weighted by Crippen LogP contribution is 2.68. The van der Waals surface area contributed by atoms with E-state index >= 15 is 0 Å². The van der Waals surface area contributed by atoms with Gasteiger partial charge in [0.25, 0.3) is 0 Å². The first-order valence-corrected chi connectivity index (χ1v) is 6.17. The Hall–Kier alpha value is 0. The second kappa shape index (κ2) is 3.25. The van der Waals surface area contributed by atoms with Crippen LogP contribution in [0.3, 0.4) is 0 Å². The molecule has 4 unspecified atom stereocenters. The molecule has 1 aliphatic carbocycles. The van der Waals surface area contributed by atoms with Crippen LogP contribution in [0.4, 0.5) is 0 Å². The molecule has 0 radical (unpaired) electrons. The first kappa shape index (κ1) is 12.1. The third-order valence-electron chi connectivity index (χ3n) is 6.17. The molecule has 1 aliphatic rings. The molecule has 0 spiro atoms. The Bertz CT molecular complexity index is 214. The maximum absolute atomic E-state index is 2.50. The molecule has 0 aromatic rings. The number of rotatable bonds is 2. The van der Waals surface area contributed by atoms with Gasteiger partial charge in [0.05, 0.1) is 0 Å². The summed E-state index contributed by atoms with van der Waals surface area (Å²) in [6, 6.07) is 0. The molecule has 0 aromatic carbocycles. The summed E-state index contributed by atoms with van der Waals surface area (Å²) in [5.41, 5.74) is 1.04. The van der Waals surface area contributed by atoms with Gasteiger partial charge in [-0.2, -0.15) is 0 Å². The molecule has 0 heteroatoms. The molecule has 14 heavy (non-hydrogen) atoms. The predicted octanol–water partition coefficient (Wildman–Crippen LogP) is 4.60. The van der Waals surface area contributed by atoms with Crippen LogP contribution in [0.1, 0.15) is 55.4 Å². The summed E-state index contributed by atoms with van der Waals surface area (Å²) >= 11 is 0. The minimum atomic E-state index is 0.510. The van der Waals surface area contributed by atoms with Crippen LogP contribution < -0.4 is 0 Å². The summed E-state index contributed by atoms with van der Waals surface area (Å²) in [4.78, 5) is 0. The average molecular weight is 196 g/mol. The van der Waals surface area contributed by atoms with Crippen molar-refractivity contribution in [2.75, 3.05) is 0 Å². The number of hydrogen-bond acceptors (Lipinski definition) is 0. The Morgan fingerprint density at radius 2 is 1.29 bits per heavy atom. The van der Waals surface area contributed by atoms with Crippen LogP contribution >= 0.6 is 0 Å². The van der Waals surface area contributed by atoms with E-state index in [-0.39, 0.29) is 0 Å². The van der Waals surface area contributed by atoms with Crippen LogP contribution in [0, 0.1) is 34.5 Å². The zero-order valence-corrected chi connectivity index (χ0v) is 11.3. The van der Waals surface area contributed by atoms with Crippen molar-refractivity contribution in [2.24, 2.45) is 34.5 Å². The van der Waals surface area contributed by atoms with Gasteiger partial charge in [0.2, 0.25) is 0 Å². The minimum absolute atomic E-state index is 0.510. The second-order valence-corrected chi connectivity index (χ2v) is 6.61. The van der Waals surface area contributed by atoms with Gasteiger partial charge in [-0.05, 0) is 34.5 Å². The van der Waals surface area contributed by atoms with E-state index in [2.05, 4.69) is 55.4 Å². The van der Waals surface area contributed by atoms with Gasteiger partial charge in [0, 0.05) is 0 Å². The van der Waals surface area contributed by atoms with E-state index < -0.39 is 0 Å². The monoisotopic (exact) mass is 196 g/mol. The van der Waals surface area contributed by atoms with Gasteiger partial charge in [-0.15, -0.1) is 0 Å². The fraction of sp³-hybridized carbons (Fsp3) is 1.00. The quantitative estimate of drug-likeness (QED) is 0.605. The molecule has 0 aliphatic heterocycles. The van der Waals surface area contributed by atoms with E-state index in [0.717, 1.165) is 23.7 Å². The van der Waals surface area contributed by atoms with Crippen molar-refractivity contribution in [3.05, 3.63) is 0 Å². The molecular formula is C14H28. The van der Waals surface area contributed by atoms with Crippen molar-refractivity contribution in [1.29, 1.82) is 0 Å². The molecule has 84 valence electrons. The normalized spacial score (nSPS) is 43.5. The summed E-state index contributed by atoms with van der Waals surface area (Å²) < 4.78 is 0. The van der Waals surface area contributed by atoms with Gasteiger partial charge in [-0.3, -0.25) is 0 Å². The SMILES string of the molecule is CC(C)C(C)C1(C)C(C)C(C)C1(C)C. The molecule has 0 saturated heterocycles. The van der Waals surface area contributed by atoms with E-state index in [1.807, 2.05) is 0 Å². The van der Waals surface area contributed by atoms with Crippen molar-refractivity contribution in [2.45, 2.75) is 55.4 Å². The zero-order valence-electron chi connectivity index (χ0n) is 11.3. The molecule has 0 N–H and O–H groups in total. The molecule has 4 atom stereocenters. The minimum Gasteiger partial charge on any atom is -0.0625 e. The van der Waals surface area contributed by atoms with Gasteiger partial charge >= 0.3 is 0 Å². The average Bonchev–Trinajstić information content (AvgIpc) is 2.12. The Morgan fingerprint density at radius 1 is 0.857 bits per heavy atom. The standard InChI is InChI=1S/C14H28/c1-9(2)10(3)14(8)12(5)11(4)13(14,6)7/h9-12H,1-8H3. The summed E-state index contributed by atoms with van der Waals surface area (Å²) in [5.74, 6) is 3.36. The molecule has 1 fully saturated rings. The third kappa shape index (κ3) is 1.19. The largest absolute Gasteiger partial charge is 0.0625 e. The van der Waals surface area contributed by atoms with E-state index in [9.17, 15) is 0 Å². The van der Waals surface area contributed by atoms with Crippen LogP contribution in [0.25, 0.3) is 0 Å². The number of hydrogen-bond donors (Lipinski definition) is 0. The lowest BCUT2D eigenvalue weighted by Crippen LogP contribution is -2.62. The molecule has 1 rings (SSSR count). The van der Waals surface area contributed by atoms with Gasteiger partial charge < -0.3 is 0 Å². The maximum Gasteiger partial charge on any atom is -0.0215 e. The highest BCUT2D eigenvalue weighted by Gasteiger charge is 2.62. The van der Waals surface area contributed by atoms with Crippen molar-refractivity contribution in [1.82, 2.24) is 0 Å². The summed E-state index contributed by atoms with van der Waals surface area (Å²) in [7, 11) is 0. The Morgan fingerprint density at radius 3 is 1.57 bits per heavy atom. The van der Waals surface area contributed by atoms with E-state index in [1.165, 1.54) is 0 Å². The third-order valence-corrected chi connectivity index (χ3v) is 6.17. The zero-order chi connectivity index (χ0) is 11.3. The lowest BCUT2D eigenvalue weighted by molar-refractivity contribution is -0.201. The lowest BCUT2D eigenvalue weighted by Gasteiger charge is -2.68. The smallest absolute Gasteiger partial charge is 0.0215 e. The van der Waals surface area contributed by atoms with Gasteiger partial charge in [0.1, 0.15) is 0 Å². The van der Waals surface area contributed by atoms with E-state index in [0.29, 0.717) is 10.8 Å². The van der Waals surface area contributed by atoms with Crippen molar-refractivity contribution < 1.29 is 0 Å². The summed E-state index contributed by atoms with van der Waals surface area (Å²) in [6.07, 6.45) is 0. The van der Waals surface area contributed by atoms with Gasteiger partial charge in [0.15, 0.2) is 0 Å². The lowest BCUT2D eigenvalue weighted by atomic mass is 9.37. The molecule has 0 aromatic heterocycles. The second-order valence-electron chi connectivity index (χ2n) is 6.61. The van der Waals surface area contributed by atoms with Crippen LogP contribution in [0.15, 0.2) is 0 Å². The first-order valence-electron chi connectivity index (χ1n) is 6.17. The van der Waals surface area contributed by atoms with E-state index in [1.54, 1.807) is 0 Å². The van der Waals surface area contributed by atoms with Crippen LogP contribution in [0.5, 0.6) is 0 Å². The topological polar surface area (TPSA) is 0 Å². The maximum atomic E-state index is 2.50. The Balaban J connectivity index is 2.95. The van der Waals surface area contributed by atoms with Crippen LogP contribution in [-0.2, 0) is 0 Å². The molecule has 0 amide bonds. The molecule has 0 bridgehead atoms. The van der Waals surface area contributed by atoms with Crippen molar-refractivity contribution in [3.63, 3.8) is 0 Å². The van der Waals surface area contributed by atoms with Crippen LogP contribution in [0.2, 0.25) is 0 Å². The van der Waals surface area contributed by atoms with E-state index in [4.69, 9.17) is 0 Å². The fourth-order valence-electron chi connectivity index (χ4n) is 3.82. The van der Waals surface area contributed by atoms with Crippen molar-refractivity contribution >= 4 is 0 Å². The van der Waals surface area contributed by atoms with Crippen molar-refractivity contribution in [3.8, 4) is 0 Å². The van der Waals surface area contributed by atoms with Gasteiger partial charge in [-0.1, -0.05) is 55.4 Å². The summed E-state index contributed by atoms with van der Waals surface area (Å²) in [5, 5.41) is 0. The molecular weight excluding hydrogens is 168 g/mol. The van der Waals surface area contributed by atoms with Gasteiger partial charge in [-0.25, -0.2) is 0 Å². The molecule has 1 saturated carbocycles. The molecule has 0 heterocycles. The highest BCUT2D eigenvalue weighted by atomic mass is 14.7. The Labute approximate surface area is 90.5 Å². The highest BCUT2D eigenvalue weighted by molar-refractivity contribution is 5.10. The first-order chi connectivity index (χ1) is 6.17. The Kier molecular flexibility index (Phi) is 2.80. The van der Waals surface area contributed by atoms with Crippen LogP contribution in [-0.4, -0.2) is 0 Å². The molecule has 0 nitrogen and oxygen atoms in total. The summed E-state index contributed by atoms with van der Waals surface area (Å²) in [6.45, 7) is 19.4.